The minimum atomic E-state index is -3.29. The van der Waals surface area contributed by atoms with Gasteiger partial charge in [0.25, 0.3) is 0 Å². The molecule has 1 aromatic rings. The van der Waals surface area contributed by atoms with E-state index in [2.05, 4.69) is 4.72 Å². The highest BCUT2D eigenvalue weighted by Crippen LogP contribution is 2.29. The van der Waals surface area contributed by atoms with Gasteiger partial charge in [-0.15, -0.1) is 0 Å². The molecule has 0 radical (unpaired) electrons. The maximum atomic E-state index is 12.4. The molecule has 5 nitrogen and oxygen atoms in total. The van der Waals surface area contributed by atoms with Gasteiger partial charge >= 0.3 is 0 Å². The number of Topliss-reactive ketones (excluding diaryl/α,β-unsaturated/α-hetero) is 1. The number of anilines is 1. The smallest absolute Gasteiger partial charge is 0.232 e. The highest BCUT2D eigenvalue weighted by atomic mass is 32.2. The summed E-state index contributed by atoms with van der Waals surface area (Å²) in [7, 11) is -3.29. The van der Waals surface area contributed by atoms with Crippen LogP contribution in [0, 0.1) is 0 Å². The van der Waals surface area contributed by atoms with Crippen LogP contribution in [0.2, 0.25) is 0 Å². The largest absolute Gasteiger partial charge is 0.367 e. The molecule has 1 atom stereocenters. The lowest BCUT2D eigenvalue weighted by atomic mass is 9.92. The quantitative estimate of drug-likeness (QED) is 0.846. The molecule has 20 heavy (non-hydrogen) atoms. The predicted molar refractivity (Wildman–Crippen MR) is 77.4 cm³/mol. The normalized spacial score (nSPS) is 22.7. The van der Waals surface area contributed by atoms with Crippen LogP contribution in [0.4, 0.5) is 5.69 Å². The van der Waals surface area contributed by atoms with Crippen LogP contribution in [-0.4, -0.2) is 32.2 Å². The predicted octanol–water partition coefficient (Wildman–Crippen LogP) is 2.20. The van der Waals surface area contributed by atoms with E-state index in [9.17, 15) is 13.2 Å². The van der Waals surface area contributed by atoms with Crippen molar-refractivity contribution < 1.29 is 17.9 Å². The van der Waals surface area contributed by atoms with E-state index in [1.54, 1.807) is 38.1 Å². The van der Waals surface area contributed by atoms with Crippen LogP contribution in [0.15, 0.2) is 24.3 Å². The van der Waals surface area contributed by atoms with E-state index >= 15 is 0 Å². The molecule has 0 amide bonds. The maximum Gasteiger partial charge on any atom is 0.232 e. The van der Waals surface area contributed by atoms with Crippen molar-refractivity contribution in [3.05, 3.63) is 29.8 Å². The molecule has 1 aromatic carbocycles. The fraction of sp³-hybridized carbons (Fsp3) is 0.500. The monoisotopic (exact) mass is 297 g/mol. The van der Waals surface area contributed by atoms with Crippen molar-refractivity contribution in [1.82, 2.24) is 0 Å². The molecule has 0 bridgehead atoms. The minimum Gasteiger partial charge on any atom is -0.367 e. The number of rotatable bonds is 5. The molecule has 0 saturated carbocycles. The Hall–Kier alpha value is -1.40. The van der Waals surface area contributed by atoms with Gasteiger partial charge in [0.05, 0.1) is 5.75 Å². The first-order valence-electron chi connectivity index (χ1n) is 6.66. The Balaban J connectivity index is 2.14. The highest BCUT2D eigenvalue weighted by Gasteiger charge is 2.38. The van der Waals surface area contributed by atoms with E-state index in [1.165, 1.54) is 0 Å². The molecule has 0 aliphatic carbocycles. The number of carbonyl (C=O) groups excluding carboxylic acids is 1. The number of nitrogens with one attached hydrogen (secondary N) is 1. The standard InChI is InChI=1S/C14H19NO4S/c1-3-20(17,18)15-12-7-5-11(6-8-12)13(16)14(2)9-4-10-19-14/h5-8,15H,3-4,9-10H2,1-2H3. The zero-order valence-corrected chi connectivity index (χ0v) is 12.5. The van der Waals surface area contributed by atoms with E-state index in [-0.39, 0.29) is 11.5 Å². The van der Waals surface area contributed by atoms with Crippen LogP contribution in [0.5, 0.6) is 0 Å². The van der Waals surface area contributed by atoms with E-state index in [1.807, 2.05) is 0 Å². The van der Waals surface area contributed by atoms with Gasteiger partial charge in [-0.05, 0) is 51.0 Å². The van der Waals surface area contributed by atoms with Crippen molar-refractivity contribution in [2.24, 2.45) is 0 Å². The van der Waals surface area contributed by atoms with Gasteiger partial charge in [0.1, 0.15) is 5.60 Å². The molecule has 110 valence electrons. The highest BCUT2D eigenvalue weighted by molar-refractivity contribution is 7.92. The van der Waals surface area contributed by atoms with Crippen molar-refractivity contribution in [2.75, 3.05) is 17.1 Å². The number of ketones is 1. The Morgan fingerprint density at radius 2 is 2.00 bits per heavy atom. The average Bonchev–Trinajstić information content (AvgIpc) is 2.87. The van der Waals surface area contributed by atoms with Crippen LogP contribution in [-0.2, 0) is 14.8 Å². The van der Waals surface area contributed by atoms with Crippen molar-refractivity contribution >= 4 is 21.5 Å². The van der Waals surface area contributed by atoms with Crippen molar-refractivity contribution in [3.8, 4) is 0 Å². The Kier molecular flexibility index (Phi) is 4.15. The number of carbonyl (C=O) groups is 1. The Bertz CT molecular complexity index is 586. The Labute approximate surface area is 119 Å². The third-order valence-electron chi connectivity index (χ3n) is 3.50. The molecule has 6 heteroatoms. The molecule has 0 aromatic heterocycles. The van der Waals surface area contributed by atoms with Crippen LogP contribution >= 0.6 is 0 Å². The van der Waals surface area contributed by atoms with Gasteiger partial charge < -0.3 is 4.74 Å². The SMILES string of the molecule is CCS(=O)(=O)Nc1ccc(C(=O)C2(C)CCCO2)cc1. The molecular formula is C14H19NO4S. The van der Waals surface area contributed by atoms with Gasteiger partial charge in [0.2, 0.25) is 10.0 Å². The van der Waals surface area contributed by atoms with Gasteiger partial charge in [-0.25, -0.2) is 8.42 Å². The second-order valence-corrected chi connectivity index (χ2v) is 7.11. The molecule has 1 fully saturated rings. The van der Waals surface area contributed by atoms with Gasteiger partial charge in [-0.2, -0.15) is 0 Å². The summed E-state index contributed by atoms with van der Waals surface area (Å²) in [6, 6.07) is 6.45. The van der Waals surface area contributed by atoms with E-state index in [0.717, 1.165) is 12.8 Å². The molecule has 1 heterocycles. The number of sulfonamides is 1. The summed E-state index contributed by atoms with van der Waals surface area (Å²) in [4.78, 5) is 12.4. The van der Waals surface area contributed by atoms with Gasteiger partial charge in [-0.3, -0.25) is 9.52 Å². The van der Waals surface area contributed by atoms with Gasteiger partial charge in [0, 0.05) is 17.9 Å². The summed E-state index contributed by atoms with van der Waals surface area (Å²) in [5, 5.41) is 0. The Morgan fingerprint density at radius 1 is 1.35 bits per heavy atom. The minimum absolute atomic E-state index is 0.0135. The lowest BCUT2D eigenvalue weighted by Crippen LogP contribution is -2.34. The van der Waals surface area contributed by atoms with E-state index in [4.69, 9.17) is 4.74 Å². The fourth-order valence-electron chi connectivity index (χ4n) is 2.20. The van der Waals surface area contributed by atoms with Crippen LogP contribution in [0.25, 0.3) is 0 Å². The molecule has 2 rings (SSSR count). The van der Waals surface area contributed by atoms with E-state index in [0.29, 0.717) is 17.9 Å². The number of benzene rings is 1. The molecule has 0 spiro atoms. The topological polar surface area (TPSA) is 72.5 Å². The van der Waals surface area contributed by atoms with Crippen LogP contribution in [0.3, 0.4) is 0 Å². The number of hydrogen-bond acceptors (Lipinski definition) is 4. The average molecular weight is 297 g/mol. The van der Waals surface area contributed by atoms with Gasteiger partial charge in [0.15, 0.2) is 5.78 Å². The first-order valence-corrected chi connectivity index (χ1v) is 8.31. The summed E-state index contributed by atoms with van der Waals surface area (Å²) >= 11 is 0. The van der Waals surface area contributed by atoms with Crippen molar-refractivity contribution in [3.63, 3.8) is 0 Å². The lowest BCUT2D eigenvalue weighted by molar-refractivity contribution is 0.0213. The molecule has 1 aliphatic rings. The lowest BCUT2D eigenvalue weighted by Gasteiger charge is -2.21. The first kappa shape index (κ1) is 15.0. The fourth-order valence-corrected chi connectivity index (χ4v) is 2.84. The second kappa shape index (κ2) is 5.54. The third kappa shape index (κ3) is 3.19. The number of hydrogen-bond donors (Lipinski definition) is 1. The zero-order valence-electron chi connectivity index (χ0n) is 11.7. The van der Waals surface area contributed by atoms with Crippen molar-refractivity contribution in [2.45, 2.75) is 32.3 Å². The van der Waals surface area contributed by atoms with Crippen LogP contribution < -0.4 is 4.72 Å². The van der Waals surface area contributed by atoms with Crippen molar-refractivity contribution in [1.29, 1.82) is 0 Å². The molecule has 1 saturated heterocycles. The number of ether oxygens (including phenoxy) is 1. The first-order chi connectivity index (χ1) is 9.36. The summed E-state index contributed by atoms with van der Waals surface area (Å²) in [6.45, 7) is 3.98. The Morgan fingerprint density at radius 3 is 2.50 bits per heavy atom. The summed E-state index contributed by atoms with van der Waals surface area (Å²) < 4.78 is 30.9. The van der Waals surface area contributed by atoms with Crippen LogP contribution in [0.1, 0.15) is 37.0 Å². The maximum absolute atomic E-state index is 12.4. The molecular weight excluding hydrogens is 278 g/mol. The second-order valence-electron chi connectivity index (χ2n) is 5.09. The summed E-state index contributed by atoms with van der Waals surface area (Å²) in [5.41, 5.74) is 0.250. The molecule has 1 aliphatic heterocycles. The summed E-state index contributed by atoms with van der Waals surface area (Å²) in [6.07, 6.45) is 1.60. The zero-order chi connectivity index (χ0) is 14.8. The molecule has 1 N–H and O–H groups in total. The van der Waals surface area contributed by atoms with Gasteiger partial charge in [-0.1, -0.05) is 0 Å². The third-order valence-corrected chi connectivity index (χ3v) is 4.81. The molecule has 1 unspecified atom stereocenters. The van der Waals surface area contributed by atoms with E-state index < -0.39 is 15.6 Å². The summed E-state index contributed by atoms with van der Waals surface area (Å²) in [5.74, 6) is -0.0422.